The Bertz CT molecular complexity index is 1470. The number of hydrogen-bond acceptors (Lipinski definition) is 9. The molecule has 0 aromatic heterocycles. The molecule has 10 nitrogen and oxygen atoms in total. The first-order valence-electron chi connectivity index (χ1n) is 15.2. The first-order chi connectivity index (χ1) is 20.3. The van der Waals surface area contributed by atoms with Crippen molar-refractivity contribution in [3.63, 3.8) is 0 Å². The molecule has 43 heavy (non-hydrogen) atoms. The first kappa shape index (κ1) is 29.8. The number of halogens is 1. The minimum Gasteiger partial charge on any atom is -0.508 e. The number of likely N-dealkylation sites (tertiary alicyclic amines) is 1. The molecule has 2 saturated carbocycles. The van der Waals surface area contributed by atoms with Crippen molar-refractivity contribution in [3.05, 3.63) is 45.5 Å². The number of phenolic OH excluding ortho intramolecular Hbond substituents is 1. The van der Waals surface area contributed by atoms with Gasteiger partial charge in [-0.3, -0.25) is 24.2 Å². The third-order valence-electron chi connectivity index (χ3n) is 11.0. The van der Waals surface area contributed by atoms with E-state index >= 15 is 4.39 Å². The van der Waals surface area contributed by atoms with Crippen LogP contribution in [-0.4, -0.2) is 86.5 Å². The zero-order chi connectivity index (χ0) is 31.0. The van der Waals surface area contributed by atoms with E-state index in [4.69, 9.17) is 5.73 Å². The SMILES string of the molecule is CN(C)[C@@H]1C(=O)C(C(N)=O)=C(O)[C@@]2(O)C(=O)C3=C(O)c4c(O)cc(CN5CCC6(CCCCC6)CC5)c(F)c4C[C@H]3C[C@@H]12. The normalized spacial score (nSPS) is 30.9. The number of hydrogen-bond donors (Lipinski definition) is 5. The van der Waals surface area contributed by atoms with Gasteiger partial charge in [-0.25, -0.2) is 4.39 Å². The van der Waals surface area contributed by atoms with Gasteiger partial charge in [0.15, 0.2) is 11.4 Å². The van der Waals surface area contributed by atoms with E-state index in [0.29, 0.717) is 17.5 Å². The lowest BCUT2D eigenvalue weighted by atomic mass is 9.57. The van der Waals surface area contributed by atoms with Gasteiger partial charge in [-0.05, 0) is 83.1 Å². The summed E-state index contributed by atoms with van der Waals surface area (Å²) < 4.78 is 16.2. The van der Waals surface area contributed by atoms with E-state index in [1.165, 1.54) is 57.2 Å². The molecule has 0 unspecified atom stereocenters. The van der Waals surface area contributed by atoms with Gasteiger partial charge in [0.2, 0.25) is 5.78 Å². The van der Waals surface area contributed by atoms with E-state index in [1.54, 1.807) is 0 Å². The highest BCUT2D eigenvalue weighted by molar-refractivity contribution is 6.24. The lowest BCUT2D eigenvalue weighted by Gasteiger charge is -2.50. The highest BCUT2D eigenvalue weighted by atomic mass is 19.1. The summed E-state index contributed by atoms with van der Waals surface area (Å²) in [7, 11) is 3.07. The minimum absolute atomic E-state index is 0.0646. The number of likely N-dealkylation sites (N-methyl/N-ethyl adjacent to an activating group) is 1. The molecule has 4 aliphatic carbocycles. The molecule has 6 rings (SSSR count). The number of fused-ring (bicyclic) bond motifs is 3. The number of aliphatic hydroxyl groups is 3. The Morgan fingerprint density at radius 2 is 1.74 bits per heavy atom. The summed E-state index contributed by atoms with van der Waals surface area (Å²) in [6.07, 6.45) is 8.30. The predicted octanol–water partition coefficient (Wildman–Crippen LogP) is 2.65. The molecule has 232 valence electrons. The van der Waals surface area contributed by atoms with Crippen LogP contribution in [0.2, 0.25) is 0 Å². The van der Waals surface area contributed by atoms with Crippen molar-refractivity contribution in [3.8, 4) is 5.75 Å². The van der Waals surface area contributed by atoms with Crippen LogP contribution in [0.3, 0.4) is 0 Å². The lowest BCUT2D eigenvalue weighted by Crippen LogP contribution is -2.65. The van der Waals surface area contributed by atoms with Gasteiger partial charge in [0.1, 0.15) is 28.7 Å². The summed E-state index contributed by atoms with van der Waals surface area (Å²) in [6, 6.07) is 0.0962. The van der Waals surface area contributed by atoms with Gasteiger partial charge in [0, 0.05) is 29.2 Å². The van der Waals surface area contributed by atoms with Gasteiger partial charge >= 0.3 is 0 Å². The Morgan fingerprint density at radius 1 is 1.09 bits per heavy atom. The fourth-order valence-electron chi connectivity index (χ4n) is 8.69. The molecule has 6 N–H and O–H groups in total. The zero-order valence-electron chi connectivity index (χ0n) is 24.7. The second-order valence-electron chi connectivity index (χ2n) is 13.5. The topological polar surface area (TPSA) is 165 Å². The van der Waals surface area contributed by atoms with Crippen molar-refractivity contribution in [2.75, 3.05) is 27.2 Å². The van der Waals surface area contributed by atoms with Gasteiger partial charge in [0.25, 0.3) is 5.91 Å². The molecule has 0 bridgehead atoms. The molecular weight excluding hydrogens is 557 g/mol. The number of rotatable bonds is 4. The van der Waals surface area contributed by atoms with Crippen LogP contribution in [0.4, 0.5) is 4.39 Å². The summed E-state index contributed by atoms with van der Waals surface area (Å²) in [5.74, 6) is -8.03. The van der Waals surface area contributed by atoms with Crippen LogP contribution in [0, 0.1) is 23.1 Å². The summed E-state index contributed by atoms with van der Waals surface area (Å²) >= 11 is 0. The minimum atomic E-state index is -2.72. The Hall–Kier alpha value is -3.28. The van der Waals surface area contributed by atoms with Crippen LogP contribution in [0.25, 0.3) is 5.76 Å². The summed E-state index contributed by atoms with van der Waals surface area (Å²) in [5.41, 5.74) is 2.02. The molecule has 1 amide bonds. The monoisotopic (exact) mass is 597 g/mol. The third kappa shape index (κ3) is 4.42. The molecule has 1 aliphatic heterocycles. The number of amides is 1. The average molecular weight is 598 g/mol. The number of piperidine rings is 1. The second-order valence-corrected chi connectivity index (χ2v) is 13.5. The number of phenols is 1. The fraction of sp³-hybridized carbons (Fsp3) is 0.594. The van der Waals surface area contributed by atoms with Crippen molar-refractivity contribution in [2.24, 2.45) is 23.0 Å². The van der Waals surface area contributed by atoms with Crippen molar-refractivity contribution in [1.29, 1.82) is 0 Å². The number of nitrogens with zero attached hydrogens (tertiary/aromatic N) is 2. The largest absolute Gasteiger partial charge is 0.508 e. The molecule has 1 heterocycles. The maximum Gasteiger partial charge on any atom is 0.255 e. The van der Waals surface area contributed by atoms with E-state index in [1.807, 2.05) is 0 Å². The molecule has 0 radical (unpaired) electrons. The number of benzene rings is 1. The zero-order valence-corrected chi connectivity index (χ0v) is 24.7. The molecule has 11 heteroatoms. The van der Waals surface area contributed by atoms with Gasteiger partial charge in [-0.15, -0.1) is 0 Å². The summed E-state index contributed by atoms with van der Waals surface area (Å²) in [5, 5.41) is 45.0. The molecule has 1 aromatic rings. The maximum absolute atomic E-state index is 16.2. The van der Waals surface area contributed by atoms with Crippen LogP contribution >= 0.6 is 0 Å². The van der Waals surface area contributed by atoms with Gasteiger partial charge in [0.05, 0.1) is 11.6 Å². The number of ketones is 2. The Balaban J connectivity index is 1.35. The molecule has 1 spiro atoms. The highest BCUT2D eigenvalue weighted by Gasteiger charge is 2.64. The number of carbonyl (C=O) groups excluding carboxylic acids is 3. The van der Waals surface area contributed by atoms with E-state index < -0.39 is 63.9 Å². The van der Waals surface area contributed by atoms with Crippen LogP contribution in [-0.2, 0) is 27.3 Å². The van der Waals surface area contributed by atoms with Crippen LogP contribution in [0.5, 0.6) is 5.75 Å². The first-order valence-corrected chi connectivity index (χ1v) is 15.2. The average Bonchev–Trinajstić information content (AvgIpc) is 2.94. The van der Waals surface area contributed by atoms with Gasteiger partial charge < -0.3 is 26.2 Å². The molecule has 1 aromatic carbocycles. The Kier molecular flexibility index (Phi) is 7.21. The number of aromatic hydroxyl groups is 1. The molecule has 3 fully saturated rings. The summed E-state index contributed by atoms with van der Waals surface area (Å²) in [6.45, 7) is 1.99. The van der Waals surface area contributed by atoms with Crippen molar-refractivity contribution in [1.82, 2.24) is 9.80 Å². The van der Waals surface area contributed by atoms with Crippen LogP contribution in [0.1, 0.15) is 68.1 Å². The standard InChI is InChI=1S/C32H40FN3O7/c1-35(2)25-19-13-16-12-18-22(26(38)21(16)28(40)32(19,43)29(41)23(27(25)39)30(34)42)20(37)14-17(24(18)33)15-36-10-8-31(9-11-36)6-4-3-5-7-31/h14,16,19,25,37-38,41,43H,3-13,15H2,1-2H3,(H2,34,42)/t16-,19-,25-,32-/m0/s1. The number of primary amides is 1. The fourth-order valence-corrected chi connectivity index (χ4v) is 8.69. The number of carbonyl (C=O) groups is 3. The molecule has 5 aliphatic rings. The predicted molar refractivity (Wildman–Crippen MR) is 154 cm³/mol. The summed E-state index contributed by atoms with van der Waals surface area (Å²) in [4.78, 5) is 42.9. The van der Waals surface area contributed by atoms with E-state index in [0.717, 1.165) is 25.9 Å². The van der Waals surface area contributed by atoms with Crippen molar-refractivity contribution < 1.29 is 39.2 Å². The third-order valence-corrected chi connectivity index (χ3v) is 11.0. The molecule has 4 atom stereocenters. The lowest BCUT2D eigenvalue weighted by molar-refractivity contribution is -0.153. The van der Waals surface area contributed by atoms with Crippen molar-refractivity contribution >= 4 is 23.2 Å². The Labute approximate surface area is 249 Å². The number of aliphatic hydroxyl groups excluding tert-OH is 2. The highest BCUT2D eigenvalue weighted by Crippen LogP contribution is 2.53. The van der Waals surface area contributed by atoms with E-state index in [2.05, 4.69) is 4.90 Å². The quantitative estimate of drug-likeness (QED) is 0.328. The van der Waals surface area contributed by atoms with Crippen LogP contribution in [0.15, 0.2) is 23.0 Å². The molecular formula is C32H40FN3O7. The van der Waals surface area contributed by atoms with Crippen LogP contribution < -0.4 is 5.73 Å². The Morgan fingerprint density at radius 3 is 2.35 bits per heavy atom. The maximum atomic E-state index is 16.2. The van der Waals surface area contributed by atoms with Gasteiger partial charge in [-0.2, -0.15) is 0 Å². The molecule has 1 saturated heterocycles. The number of nitrogens with two attached hydrogens (primary N) is 1. The second kappa shape index (κ2) is 10.4. The number of Topliss-reactive ketones (excluding diaryl/α,β-unsaturated/α-hetero) is 2. The van der Waals surface area contributed by atoms with Crippen molar-refractivity contribution in [2.45, 2.75) is 76.0 Å². The van der Waals surface area contributed by atoms with E-state index in [-0.39, 0.29) is 35.3 Å². The smallest absolute Gasteiger partial charge is 0.255 e. The van der Waals surface area contributed by atoms with Gasteiger partial charge in [-0.1, -0.05) is 19.3 Å². The van der Waals surface area contributed by atoms with E-state index in [9.17, 15) is 34.8 Å².